The van der Waals surface area contributed by atoms with Crippen molar-refractivity contribution < 1.29 is 13.9 Å². The first-order chi connectivity index (χ1) is 11.2. The van der Waals surface area contributed by atoms with Crippen LogP contribution in [0.1, 0.15) is 30.4 Å². The third-order valence-corrected chi connectivity index (χ3v) is 4.62. The van der Waals surface area contributed by atoms with E-state index in [1.807, 2.05) is 24.3 Å². The molecule has 118 valence electrons. The van der Waals surface area contributed by atoms with Crippen LogP contribution in [-0.4, -0.2) is 12.5 Å². The fourth-order valence-corrected chi connectivity index (χ4v) is 3.49. The highest BCUT2D eigenvalue weighted by atomic mass is 19.1. The molecule has 0 bridgehead atoms. The van der Waals surface area contributed by atoms with Crippen molar-refractivity contribution in [2.75, 3.05) is 11.4 Å². The van der Waals surface area contributed by atoms with Crippen LogP contribution in [0, 0.1) is 5.82 Å². The van der Waals surface area contributed by atoms with E-state index in [2.05, 4.69) is 0 Å². The summed E-state index contributed by atoms with van der Waals surface area (Å²) in [6.45, 7) is 0.758. The molecule has 0 unspecified atom stereocenters. The van der Waals surface area contributed by atoms with E-state index in [4.69, 9.17) is 4.74 Å². The molecule has 0 saturated carbocycles. The van der Waals surface area contributed by atoms with E-state index in [0.29, 0.717) is 12.2 Å². The summed E-state index contributed by atoms with van der Waals surface area (Å²) in [7, 11) is 0. The Hall–Kier alpha value is -2.36. The van der Waals surface area contributed by atoms with Gasteiger partial charge >= 0.3 is 0 Å². The minimum atomic E-state index is -0.138. The Labute approximate surface area is 134 Å². The van der Waals surface area contributed by atoms with Gasteiger partial charge in [-0.25, -0.2) is 4.39 Å². The van der Waals surface area contributed by atoms with Crippen molar-refractivity contribution in [3.8, 4) is 11.5 Å². The van der Waals surface area contributed by atoms with Crippen LogP contribution in [-0.2, 0) is 17.6 Å². The quantitative estimate of drug-likeness (QED) is 0.849. The zero-order valence-electron chi connectivity index (χ0n) is 12.8. The zero-order chi connectivity index (χ0) is 15.8. The predicted octanol–water partition coefficient (Wildman–Crippen LogP) is 4.23. The first kappa shape index (κ1) is 14.2. The Bertz CT molecular complexity index is 772. The van der Waals surface area contributed by atoms with Gasteiger partial charge in [-0.05, 0) is 55.5 Å². The van der Waals surface area contributed by atoms with Crippen LogP contribution >= 0.6 is 0 Å². The Morgan fingerprint density at radius 1 is 1.00 bits per heavy atom. The molecule has 1 aliphatic heterocycles. The number of hydrogen-bond donors (Lipinski definition) is 0. The highest BCUT2D eigenvalue weighted by molar-refractivity contribution is 5.95. The Kier molecular flexibility index (Phi) is 3.52. The van der Waals surface area contributed by atoms with Gasteiger partial charge < -0.3 is 9.64 Å². The second-order valence-corrected chi connectivity index (χ2v) is 6.10. The standard InChI is InChI=1S/C19H18FNO2/c20-17-9-10-18(16-7-2-6-15(16)17)23-14-5-1-4-13(12-14)21-11-3-8-19(21)22/h1,4-5,9-10,12H,2-3,6-8,11H2. The van der Waals surface area contributed by atoms with Gasteiger partial charge in [0.25, 0.3) is 0 Å². The zero-order valence-corrected chi connectivity index (χ0v) is 12.8. The van der Waals surface area contributed by atoms with Gasteiger partial charge in [0.1, 0.15) is 17.3 Å². The van der Waals surface area contributed by atoms with Crippen LogP contribution < -0.4 is 9.64 Å². The number of halogens is 1. The number of carbonyl (C=O) groups excluding carboxylic acids is 1. The van der Waals surface area contributed by atoms with Gasteiger partial charge in [-0.1, -0.05) is 6.07 Å². The van der Waals surface area contributed by atoms with E-state index in [-0.39, 0.29) is 11.7 Å². The van der Waals surface area contributed by atoms with Crippen LogP contribution in [0.25, 0.3) is 0 Å². The van der Waals surface area contributed by atoms with Crippen LogP contribution in [0.4, 0.5) is 10.1 Å². The second-order valence-electron chi connectivity index (χ2n) is 6.10. The molecule has 4 heteroatoms. The average molecular weight is 311 g/mol. The molecule has 23 heavy (non-hydrogen) atoms. The van der Waals surface area contributed by atoms with Gasteiger partial charge in [-0.2, -0.15) is 0 Å². The average Bonchev–Trinajstić information content (AvgIpc) is 3.20. The van der Waals surface area contributed by atoms with Crippen molar-refractivity contribution in [2.45, 2.75) is 32.1 Å². The van der Waals surface area contributed by atoms with Gasteiger partial charge in [-0.3, -0.25) is 4.79 Å². The topological polar surface area (TPSA) is 29.5 Å². The molecule has 0 atom stereocenters. The summed E-state index contributed by atoms with van der Waals surface area (Å²) in [6.07, 6.45) is 4.11. The molecule has 1 fully saturated rings. The molecule has 0 spiro atoms. The third kappa shape index (κ3) is 2.58. The summed E-state index contributed by atoms with van der Waals surface area (Å²) in [5.74, 6) is 1.43. The maximum atomic E-state index is 13.8. The molecule has 1 saturated heterocycles. The number of benzene rings is 2. The normalized spacial score (nSPS) is 16.7. The summed E-state index contributed by atoms with van der Waals surface area (Å²) in [5, 5.41) is 0. The summed E-state index contributed by atoms with van der Waals surface area (Å²) < 4.78 is 19.8. The van der Waals surface area contributed by atoms with Crippen molar-refractivity contribution in [1.82, 2.24) is 0 Å². The highest BCUT2D eigenvalue weighted by Crippen LogP contribution is 2.36. The predicted molar refractivity (Wildman–Crippen MR) is 86.5 cm³/mol. The number of amides is 1. The maximum absolute atomic E-state index is 13.8. The lowest BCUT2D eigenvalue weighted by atomic mass is 10.1. The van der Waals surface area contributed by atoms with Gasteiger partial charge in [0, 0.05) is 30.3 Å². The Morgan fingerprint density at radius 2 is 1.87 bits per heavy atom. The monoisotopic (exact) mass is 311 g/mol. The number of hydrogen-bond acceptors (Lipinski definition) is 2. The van der Waals surface area contributed by atoms with Crippen molar-refractivity contribution in [2.24, 2.45) is 0 Å². The highest BCUT2D eigenvalue weighted by Gasteiger charge is 2.23. The molecular weight excluding hydrogens is 293 g/mol. The molecule has 3 nitrogen and oxygen atoms in total. The molecule has 0 aromatic heterocycles. The number of carbonyl (C=O) groups is 1. The minimum Gasteiger partial charge on any atom is -0.457 e. The second kappa shape index (κ2) is 5.69. The summed E-state index contributed by atoms with van der Waals surface area (Å²) in [4.78, 5) is 13.7. The molecule has 1 amide bonds. The number of rotatable bonds is 3. The van der Waals surface area contributed by atoms with Crippen LogP contribution in [0.5, 0.6) is 11.5 Å². The number of fused-ring (bicyclic) bond motifs is 1. The lowest BCUT2D eigenvalue weighted by Crippen LogP contribution is -2.23. The largest absolute Gasteiger partial charge is 0.457 e. The van der Waals surface area contributed by atoms with E-state index in [1.165, 1.54) is 6.07 Å². The molecule has 0 N–H and O–H groups in total. The molecule has 0 radical (unpaired) electrons. The molecule has 2 aliphatic rings. The Balaban J connectivity index is 1.63. The first-order valence-electron chi connectivity index (χ1n) is 8.11. The first-order valence-corrected chi connectivity index (χ1v) is 8.11. The van der Waals surface area contributed by atoms with Gasteiger partial charge in [-0.15, -0.1) is 0 Å². The summed E-state index contributed by atoms with van der Waals surface area (Å²) >= 11 is 0. The maximum Gasteiger partial charge on any atom is 0.227 e. The molecule has 4 rings (SSSR count). The smallest absolute Gasteiger partial charge is 0.227 e. The van der Waals surface area contributed by atoms with E-state index in [1.54, 1.807) is 11.0 Å². The van der Waals surface area contributed by atoms with Gasteiger partial charge in [0.15, 0.2) is 0 Å². The van der Waals surface area contributed by atoms with Gasteiger partial charge in [0.2, 0.25) is 5.91 Å². The van der Waals surface area contributed by atoms with Crippen molar-refractivity contribution in [3.05, 3.63) is 53.3 Å². The van der Waals surface area contributed by atoms with E-state index in [9.17, 15) is 9.18 Å². The van der Waals surface area contributed by atoms with Crippen molar-refractivity contribution in [3.63, 3.8) is 0 Å². The summed E-state index contributed by atoms with van der Waals surface area (Å²) in [6, 6.07) is 10.7. The summed E-state index contributed by atoms with van der Waals surface area (Å²) in [5.41, 5.74) is 2.63. The SMILES string of the molecule is O=C1CCCN1c1cccc(Oc2ccc(F)c3c2CCC3)c1. The lowest BCUT2D eigenvalue weighted by Gasteiger charge is -2.17. The van der Waals surface area contributed by atoms with E-state index >= 15 is 0 Å². The molecular formula is C19H18FNO2. The number of anilines is 1. The third-order valence-electron chi connectivity index (χ3n) is 4.62. The molecule has 2 aromatic carbocycles. The van der Waals surface area contributed by atoms with E-state index in [0.717, 1.165) is 54.8 Å². The molecule has 1 heterocycles. The van der Waals surface area contributed by atoms with Crippen molar-refractivity contribution in [1.29, 1.82) is 0 Å². The fraction of sp³-hybridized carbons (Fsp3) is 0.316. The Morgan fingerprint density at radius 3 is 2.70 bits per heavy atom. The molecule has 1 aliphatic carbocycles. The van der Waals surface area contributed by atoms with Crippen LogP contribution in [0.2, 0.25) is 0 Å². The fourth-order valence-electron chi connectivity index (χ4n) is 3.49. The lowest BCUT2D eigenvalue weighted by molar-refractivity contribution is -0.117. The number of nitrogens with zero attached hydrogens (tertiary/aromatic N) is 1. The molecule has 2 aromatic rings. The number of ether oxygens (including phenoxy) is 1. The van der Waals surface area contributed by atoms with Crippen LogP contribution in [0.15, 0.2) is 36.4 Å². The van der Waals surface area contributed by atoms with Crippen LogP contribution in [0.3, 0.4) is 0 Å². The van der Waals surface area contributed by atoms with E-state index < -0.39 is 0 Å². The van der Waals surface area contributed by atoms with Crippen molar-refractivity contribution >= 4 is 11.6 Å². The van der Waals surface area contributed by atoms with Gasteiger partial charge in [0.05, 0.1) is 0 Å². The minimum absolute atomic E-state index is 0.138.